The van der Waals surface area contributed by atoms with Crippen molar-refractivity contribution in [3.05, 3.63) is 60.2 Å². The van der Waals surface area contributed by atoms with Crippen LogP contribution in [0.4, 0.5) is 5.69 Å². The Kier molecular flexibility index (Phi) is 2.99. The summed E-state index contributed by atoms with van der Waals surface area (Å²) in [5.74, 6) is 0. The van der Waals surface area contributed by atoms with E-state index in [1.54, 1.807) is 0 Å². The quantitative estimate of drug-likeness (QED) is 0.769. The average Bonchev–Trinajstić information content (AvgIpc) is 2.75. The minimum atomic E-state index is -2.53. The molecule has 1 aliphatic rings. The van der Waals surface area contributed by atoms with E-state index in [2.05, 4.69) is 24.6 Å². The lowest BCUT2D eigenvalue weighted by Gasteiger charge is -2.30. The van der Waals surface area contributed by atoms with Crippen molar-refractivity contribution in [2.45, 2.75) is 26.1 Å². The van der Waals surface area contributed by atoms with Gasteiger partial charge in [-0.05, 0) is 23.8 Å². The van der Waals surface area contributed by atoms with Crippen LogP contribution in [0.25, 0.3) is 0 Å². The smallest absolute Gasteiger partial charge is 0.204 e. The van der Waals surface area contributed by atoms with Crippen LogP contribution in [0, 0.1) is 0 Å². The van der Waals surface area contributed by atoms with Crippen molar-refractivity contribution in [1.82, 2.24) is 0 Å². The third-order valence-electron chi connectivity index (χ3n) is 3.77. The first-order valence-corrected chi connectivity index (χ1v) is 8.38. The van der Waals surface area contributed by atoms with Crippen LogP contribution in [0.5, 0.6) is 0 Å². The molecule has 19 heavy (non-hydrogen) atoms. The predicted octanol–water partition coefficient (Wildman–Crippen LogP) is 4.02. The van der Waals surface area contributed by atoms with Crippen LogP contribution in [0.15, 0.2) is 54.6 Å². The Hall–Kier alpha value is -1.53. The summed E-state index contributed by atoms with van der Waals surface area (Å²) in [7, 11) is -2.53. The molecule has 0 bridgehead atoms. The standard InChI is InChI=1S/C16H18NOP/c1-13(2)19(18)16-11-7-6-8-14(16)12-17(19)15-9-4-3-5-10-15/h3-11,13H,12H2,1-2H3. The molecular formula is C16H18NOP. The third-order valence-corrected chi connectivity index (χ3v) is 7.39. The molecule has 0 aromatic heterocycles. The lowest BCUT2D eigenvalue weighted by Crippen LogP contribution is -2.21. The van der Waals surface area contributed by atoms with E-state index in [1.165, 1.54) is 5.56 Å². The maximum Gasteiger partial charge on any atom is 0.204 e. The van der Waals surface area contributed by atoms with Crippen LogP contribution >= 0.6 is 7.29 Å². The summed E-state index contributed by atoms with van der Waals surface area (Å²) in [5, 5.41) is 1.04. The predicted molar refractivity (Wildman–Crippen MR) is 81.4 cm³/mol. The first-order valence-electron chi connectivity index (χ1n) is 6.65. The van der Waals surface area contributed by atoms with Gasteiger partial charge in [0.1, 0.15) is 0 Å². The maximum absolute atomic E-state index is 13.6. The van der Waals surface area contributed by atoms with Crippen molar-refractivity contribution in [3.8, 4) is 0 Å². The summed E-state index contributed by atoms with van der Waals surface area (Å²) in [4.78, 5) is 0. The van der Waals surface area contributed by atoms with Gasteiger partial charge >= 0.3 is 0 Å². The molecule has 3 heteroatoms. The highest BCUT2D eigenvalue weighted by Crippen LogP contribution is 2.59. The van der Waals surface area contributed by atoms with E-state index < -0.39 is 7.29 Å². The number of anilines is 1. The monoisotopic (exact) mass is 271 g/mol. The van der Waals surface area contributed by atoms with Gasteiger partial charge in [-0.2, -0.15) is 0 Å². The normalized spacial score (nSPS) is 21.7. The summed E-state index contributed by atoms with van der Waals surface area (Å²) >= 11 is 0. The molecule has 2 aromatic carbocycles. The minimum absolute atomic E-state index is 0.122. The summed E-state index contributed by atoms with van der Waals surface area (Å²) in [6, 6.07) is 18.2. The van der Waals surface area contributed by atoms with Crippen molar-refractivity contribution in [1.29, 1.82) is 0 Å². The molecule has 0 aliphatic carbocycles. The Morgan fingerprint density at radius 2 is 1.63 bits per heavy atom. The number of benzene rings is 2. The van der Waals surface area contributed by atoms with Crippen LogP contribution < -0.4 is 9.97 Å². The van der Waals surface area contributed by atoms with E-state index in [1.807, 2.05) is 48.5 Å². The SMILES string of the molecule is CC(C)P1(=O)c2ccccc2CN1c1ccccc1. The molecule has 3 rings (SSSR count). The number of rotatable bonds is 2. The van der Waals surface area contributed by atoms with Gasteiger partial charge in [0.05, 0.1) is 6.54 Å². The molecule has 2 aromatic rings. The second-order valence-electron chi connectivity index (χ2n) is 5.24. The molecule has 0 fully saturated rings. The topological polar surface area (TPSA) is 20.3 Å². The van der Waals surface area contributed by atoms with Crippen molar-refractivity contribution < 1.29 is 4.57 Å². The zero-order chi connectivity index (χ0) is 13.5. The Bertz CT molecular complexity index is 636. The van der Waals surface area contributed by atoms with Gasteiger partial charge in [0.2, 0.25) is 7.29 Å². The Morgan fingerprint density at radius 3 is 2.32 bits per heavy atom. The van der Waals surface area contributed by atoms with Gasteiger partial charge < -0.3 is 4.67 Å². The summed E-state index contributed by atoms with van der Waals surface area (Å²) < 4.78 is 15.7. The Morgan fingerprint density at radius 1 is 1.00 bits per heavy atom. The second kappa shape index (κ2) is 4.54. The molecule has 0 N–H and O–H groups in total. The Labute approximate surface area is 114 Å². The molecule has 1 unspecified atom stereocenters. The summed E-state index contributed by atoms with van der Waals surface area (Å²) in [5.41, 5.74) is 2.37. The van der Waals surface area contributed by atoms with E-state index in [4.69, 9.17) is 0 Å². The molecule has 0 saturated carbocycles. The number of hydrogen-bond donors (Lipinski definition) is 0. The first kappa shape index (κ1) is 12.5. The molecule has 1 aliphatic heterocycles. The van der Waals surface area contributed by atoms with Crippen LogP contribution in [-0.2, 0) is 11.1 Å². The van der Waals surface area contributed by atoms with E-state index in [-0.39, 0.29) is 5.66 Å². The van der Waals surface area contributed by atoms with Gasteiger partial charge in [0.15, 0.2) is 0 Å². The highest BCUT2D eigenvalue weighted by molar-refractivity contribution is 7.74. The lowest BCUT2D eigenvalue weighted by atomic mass is 10.2. The van der Waals surface area contributed by atoms with Crippen LogP contribution in [-0.4, -0.2) is 5.66 Å². The van der Waals surface area contributed by atoms with Gasteiger partial charge in [-0.25, -0.2) is 0 Å². The van der Waals surface area contributed by atoms with Crippen molar-refractivity contribution >= 4 is 18.3 Å². The van der Waals surface area contributed by atoms with E-state index in [9.17, 15) is 4.57 Å². The third kappa shape index (κ3) is 1.82. The lowest BCUT2D eigenvalue weighted by molar-refractivity contribution is 0.573. The van der Waals surface area contributed by atoms with E-state index in [0.29, 0.717) is 0 Å². The minimum Gasteiger partial charge on any atom is -0.314 e. The molecule has 0 saturated heterocycles. The van der Waals surface area contributed by atoms with Crippen LogP contribution in [0.3, 0.4) is 0 Å². The van der Waals surface area contributed by atoms with Gasteiger partial charge in [0.25, 0.3) is 0 Å². The van der Waals surface area contributed by atoms with Crippen molar-refractivity contribution in [2.75, 3.05) is 4.67 Å². The maximum atomic E-state index is 13.6. The second-order valence-corrected chi connectivity index (χ2v) is 8.48. The number of hydrogen-bond acceptors (Lipinski definition) is 1. The van der Waals surface area contributed by atoms with Gasteiger partial charge in [0, 0.05) is 16.7 Å². The summed E-state index contributed by atoms with van der Waals surface area (Å²) in [6.45, 7) is 4.85. The summed E-state index contributed by atoms with van der Waals surface area (Å²) in [6.07, 6.45) is 0. The molecule has 1 atom stereocenters. The van der Waals surface area contributed by atoms with Gasteiger partial charge in [-0.3, -0.25) is 4.57 Å². The molecule has 0 radical (unpaired) electrons. The average molecular weight is 271 g/mol. The zero-order valence-corrected chi connectivity index (χ0v) is 12.2. The van der Waals surface area contributed by atoms with Crippen LogP contribution in [0.1, 0.15) is 19.4 Å². The van der Waals surface area contributed by atoms with Crippen molar-refractivity contribution in [2.24, 2.45) is 0 Å². The molecule has 0 amide bonds. The number of fused-ring (bicyclic) bond motifs is 1. The molecule has 98 valence electrons. The molecule has 2 nitrogen and oxygen atoms in total. The van der Waals surface area contributed by atoms with E-state index >= 15 is 0 Å². The van der Waals surface area contributed by atoms with E-state index in [0.717, 1.165) is 17.5 Å². The first-order chi connectivity index (χ1) is 9.14. The fourth-order valence-corrected chi connectivity index (χ4v) is 5.84. The van der Waals surface area contributed by atoms with Crippen LogP contribution in [0.2, 0.25) is 0 Å². The van der Waals surface area contributed by atoms with Gasteiger partial charge in [-0.15, -0.1) is 0 Å². The van der Waals surface area contributed by atoms with Crippen molar-refractivity contribution in [3.63, 3.8) is 0 Å². The fraction of sp³-hybridized carbons (Fsp3) is 0.250. The highest BCUT2D eigenvalue weighted by Gasteiger charge is 2.42. The zero-order valence-electron chi connectivity index (χ0n) is 11.3. The molecule has 1 heterocycles. The highest BCUT2D eigenvalue weighted by atomic mass is 31.2. The number of nitrogens with zero attached hydrogens (tertiary/aromatic N) is 1. The molecular weight excluding hydrogens is 253 g/mol. The number of para-hydroxylation sites is 1. The van der Waals surface area contributed by atoms with Gasteiger partial charge in [-0.1, -0.05) is 50.2 Å². The fourth-order valence-electron chi connectivity index (χ4n) is 2.77. The Balaban J connectivity index is 2.17. The largest absolute Gasteiger partial charge is 0.314 e. The molecule has 0 spiro atoms.